The van der Waals surface area contributed by atoms with Gasteiger partial charge in [-0.2, -0.15) is 13.2 Å². The van der Waals surface area contributed by atoms with E-state index in [9.17, 15) is 13.2 Å². The van der Waals surface area contributed by atoms with Gasteiger partial charge in [-0.15, -0.1) is 0 Å². The first-order chi connectivity index (χ1) is 13.0. The Balaban J connectivity index is 1.61. The number of ether oxygens (including phenoxy) is 1. The summed E-state index contributed by atoms with van der Waals surface area (Å²) in [5, 5.41) is 0. The average molecular weight is 394 g/mol. The summed E-state index contributed by atoms with van der Waals surface area (Å²) in [5.41, 5.74) is -0.257. The van der Waals surface area contributed by atoms with Crippen molar-refractivity contribution < 1.29 is 27.2 Å². The van der Waals surface area contributed by atoms with Gasteiger partial charge in [0.25, 0.3) is 0 Å². The third-order valence-corrected chi connectivity index (χ3v) is 5.65. The highest BCUT2D eigenvalue weighted by Gasteiger charge is 2.50. The molecule has 0 radical (unpaired) electrons. The van der Waals surface area contributed by atoms with Crippen LogP contribution in [0.4, 0.5) is 13.2 Å². The Labute approximate surface area is 161 Å². The summed E-state index contributed by atoms with van der Waals surface area (Å²) >= 11 is 0. The number of hydrogen-bond donors (Lipinski definition) is 0. The Morgan fingerprint density at radius 3 is 2.46 bits per heavy atom. The van der Waals surface area contributed by atoms with Crippen LogP contribution in [0.5, 0.6) is 5.75 Å². The molecule has 2 aliphatic heterocycles. The molecule has 1 fully saturated rings. The van der Waals surface area contributed by atoms with Gasteiger partial charge in [-0.05, 0) is 45.4 Å². The fourth-order valence-electron chi connectivity index (χ4n) is 3.43. The van der Waals surface area contributed by atoms with Gasteiger partial charge in [0.1, 0.15) is 18.2 Å². The Bertz CT molecular complexity index is 892. The molecule has 0 saturated carbocycles. The van der Waals surface area contributed by atoms with E-state index in [4.69, 9.17) is 14.0 Å². The SMILES string of the molecule is CC1(C)OB(Cc2ccc3c(c2)OCCn2cc(C(F)(F)F)nc2-3)OC1(C)C. The lowest BCUT2D eigenvalue weighted by Gasteiger charge is -2.32. The molecule has 1 saturated heterocycles. The lowest BCUT2D eigenvalue weighted by Crippen LogP contribution is -2.41. The number of alkyl halides is 3. The van der Waals surface area contributed by atoms with Crippen LogP contribution in [0, 0.1) is 0 Å². The van der Waals surface area contributed by atoms with Crippen molar-refractivity contribution in [3.8, 4) is 17.1 Å². The van der Waals surface area contributed by atoms with E-state index in [-0.39, 0.29) is 12.4 Å². The number of hydrogen-bond acceptors (Lipinski definition) is 4. The van der Waals surface area contributed by atoms with E-state index in [0.29, 0.717) is 24.2 Å². The maximum Gasteiger partial charge on any atom is 0.462 e. The van der Waals surface area contributed by atoms with Crippen LogP contribution in [0.15, 0.2) is 24.4 Å². The summed E-state index contributed by atoms with van der Waals surface area (Å²) in [6, 6.07) is 5.43. The third-order valence-electron chi connectivity index (χ3n) is 5.65. The number of aromatic nitrogens is 2. The predicted octanol–water partition coefficient (Wildman–Crippen LogP) is 4.14. The Morgan fingerprint density at radius 2 is 1.82 bits per heavy atom. The van der Waals surface area contributed by atoms with Crippen molar-refractivity contribution in [3.05, 3.63) is 35.7 Å². The summed E-state index contributed by atoms with van der Waals surface area (Å²) in [7, 11) is -0.396. The predicted molar refractivity (Wildman–Crippen MR) is 97.9 cm³/mol. The van der Waals surface area contributed by atoms with Crippen LogP contribution in [0.25, 0.3) is 11.4 Å². The van der Waals surface area contributed by atoms with Gasteiger partial charge in [-0.25, -0.2) is 4.98 Å². The van der Waals surface area contributed by atoms with E-state index in [1.807, 2.05) is 39.8 Å². The van der Waals surface area contributed by atoms with Gasteiger partial charge in [-0.3, -0.25) is 0 Å². The average Bonchev–Trinajstić information content (AvgIpc) is 3.00. The van der Waals surface area contributed by atoms with Crippen molar-refractivity contribution in [2.24, 2.45) is 0 Å². The van der Waals surface area contributed by atoms with Crippen molar-refractivity contribution in [3.63, 3.8) is 0 Å². The molecule has 1 aromatic carbocycles. The van der Waals surface area contributed by atoms with E-state index in [0.717, 1.165) is 11.8 Å². The van der Waals surface area contributed by atoms with Gasteiger partial charge >= 0.3 is 13.3 Å². The van der Waals surface area contributed by atoms with Crippen LogP contribution < -0.4 is 4.74 Å². The molecule has 0 N–H and O–H groups in total. The second kappa shape index (κ2) is 6.25. The van der Waals surface area contributed by atoms with Crippen molar-refractivity contribution >= 4 is 7.12 Å². The van der Waals surface area contributed by atoms with Crippen LogP contribution in [0.3, 0.4) is 0 Å². The molecular weight excluding hydrogens is 372 g/mol. The molecular formula is C19H22BF3N2O3. The first kappa shape index (κ1) is 19.3. The molecule has 0 amide bonds. The molecule has 0 aliphatic carbocycles. The highest BCUT2D eigenvalue weighted by Crippen LogP contribution is 2.39. The molecule has 0 spiro atoms. The largest absolute Gasteiger partial charge is 0.491 e. The molecule has 0 atom stereocenters. The Hall–Kier alpha value is -2.00. The van der Waals surface area contributed by atoms with E-state index < -0.39 is 30.2 Å². The third kappa shape index (κ3) is 3.30. The summed E-state index contributed by atoms with van der Waals surface area (Å²) in [6.45, 7) is 8.54. The summed E-state index contributed by atoms with van der Waals surface area (Å²) in [5.74, 6) is 0.786. The number of halogens is 3. The lowest BCUT2D eigenvalue weighted by molar-refractivity contribution is -0.140. The van der Waals surface area contributed by atoms with E-state index in [2.05, 4.69) is 4.98 Å². The highest BCUT2D eigenvalue weighted by molar-refractivity contribution is 6.45. The normalized spacial score (nSPS) is 20.3. The fourth-order valence-corrected chi connectivity index (χ4v) is 3.43. The van der Waals surface area contributed by atoms with Crippen LogP contribution >= 0.6 is 0 Å². The maximum absolute atomic E-state index is 13.0. The Kier molecular flexibility index (Phi) is 4.32. The summed E-state index contributed by atoms with van der Waals surface area (Å²) < 4.78 is 58.4. The molecule has 0 unspecified atom stereocenters. The first-order valence-corrected chi connectivity index (χ1v) is 9.22. The van der Waals surface area contributed by atoms with Gasteiger partial charge < -0.3 is 18.6 Å². The lowest BCUT2D eigenvalue weighted by atomic mass is 9.80. The van der Waals surface area contributed by atoms with Crippen LogP contribution in [-0.4, -0.2) is 34.5 Å². The van der Waals surface area contributed by atoms with Crippen molar-refractivity contribution in [1.82, 2.24) is 9.55 Å². The summed E-state index contributed by atoms with van der Waals surface area (Å²) in [4.78, 5) is 3.80. The molecule has 4 rings (SSSR count). The van der Waals surface area contributed by atoms with Gasteiger partial charge in [-0.1, -0.05) is 6.07 Å². The van der Waals surface area contributed by atoms with Gasteiger partial charge in [0.15, 0.2) is 5.69 Å². The number of imidazole rings is 1. The molecule has 0 bridgehead atoms. The zero-order chi connectivity index (χ0) is 20.3. The second-order valence-electron chi connectivity index (χ2n) is 8.21. The van der Waals surface area contributed by atoms with E-state index in [1.165, 1.54) is 4.57 Å². The van der Waals surface area contributed by atoms with Gasteiger partial charge in [0.05, 0.1) is 23.3 Å². The standard InChI is InChI=1S/C19H22BF3N2O3/c1-17(2)18(3,4)28-20(27-17)10-12-5-6-13-14(9-12)26-8-7-25-11-15(19(21,22)23)24-16(13)25/h5-6,9,11H,7-8,10H2,1-4H3. The number of benzene rings is 1. The number of nitrogens with zero attached hydrogens (tertiary/aromatic N) is 2. The highest BCUT2D eigenvalue weighted by atomic mass is 19.4. The monoisotopic (exact) mass is 394 g/mol. The first-order valence-electron chi connectivity index (χ1n) is 9.22. The fraction of sp³-hybridized carbons (Fsp3) is 0.526. The second-order valence-corrected chi connectivity index (χ2v) is 8.21. The van der Waals surface area contributed by atoms with Gasteiger partial charge in [0.2, 0.25) is 0 Å². The minimum Gasteiger partial charge on any atom is -0.491 e. The molecule has 2 aliphatic rings. The van der Waals surface area contributed by atoms with Crippen molar-refractivity contribution in [2.75, 3.05) is 6.61 Å². The molecule has 5 nitrogen and oxygen atoms in total. The molecule has 2 aromatic rings. The van der Waals surface area contributed by atoms with Crippen LogP contribution in [0.2, 0.25) is 0 Å². The molecule has 1 aromatic heterocycles. The molecule has 150 valence electrons. The topological polar surface area (TPSA) is 45.5 Å². The van der Waals surface area contributed by atoms with Crippen LogP contribution in [-0.2, 0) is 28.3 Å². The molecule has 3 heterocycles. The summed E-state index contributed by atoms with van der Waals surface area (Å²) in [6.07, 6.45) is -2.92. The molecule has 9 heteroatoms. The smallest absolute Gasteiger partial charge is 0.462 e. The zero-order valence-electron chi connectivity index (χ0n) is 16.3. The molecule has 28 heavy (non-hydrogen) atoms. The van der Waals surface area contributed by atoms with Gasteiger partial charge in [0, 0.05) is 12.5 Å². The van der Waals surface area contributed by atoms with E-state index in [1.54, 1.807) is 6.07 Å². The van der Waals surface area contributed by atoms with Crippen molar-refractivity contribution in [1.29, 1.82) is 0 Å². The Morgan fingerprint density at radius 1 is 1.14 bits per heavy atom. The quantitative estimate of drug-likeness (QED) is 0.719. The zero-order valence-corrected chi connectivity index (χ0v) is 16.3. The minimum atomic E-state index is -4.48. The number of fused-ring (bicyclic) bond motifs is 3. The maximum atomic E-state index is 13.0. The number of rotatable bonds is 2. The van der Waals surface area contributed by atoms with Crippen molar-refractivity contribution in [2.45, 2.75) is 57.9 Å². The van der Waals surface area contributed by atoms with E-state index >= 15 is 0 Å². The minimum absolute atomic E-state index is 0.266. The van der Waals surface area contributed by atoms with Crippen LogP contribution in [0.1, 0.15) is 39.0 Å².